The molecule has 214 valence electrons. The predicted molar refractivity (Wildman–Crippen MR) is 151 cm³/mol. The van der Waals surface area contributed by atoms with Crippen molar-refractivity contribution in [3.05, 3.63) is 59.4 Å². The van der Waals surface area contributed by atoms with E-state index in [1.165, 1.54) is 24.6 Å². The molecule has 1 fully saturated rings. The summed E-state index contributed by atoms with van der Waals surface area (Å²) < 4.78 is 41.2. The van der Waals surface area contributed by atoms with Crippen LogP contribution in [0.15, 0.2) is 46.5 Å². The highest BCUT2D eigenvalue weighted by Crippen LogP contribution is 2.27. The Labute approximate surface area is 229 Å². The number of aliphatic imine (C=N–C) groups is 1. The first-order valence-corrected chi connectivity index (χ1v) is 13.3. The lowest BCUT2D eigenvalue weighted by Crippen LogP contribution is -2.49. The Hall–Kier alpha value is -3.69. The van der Waals surface area contributed by atoms with Crippen LogP contribution in [0.3, 0.4) is 0 Å². The zero-order valence-corrected chi connectivity index (χ0v) is 23.5. The first kappa shape index (κ1) is 33.3. The van der Waals surface area contributed by atoms with Crippen LogP contribution >= 0.6 is 0 Å². The summed E-state index contributed by atoms with van der Waals surface area (Å²) >= 11 is 0. The molecule has 39 heavy (non-hydrogen) atoms. The van der Waals surface area contributed by atoms with Gasteiger partial charge in [-0.25, -0.2) is 13.2 Å². The molecule has 0 bridgehead atoms. The van der Waals surface area contributed by atoms with E-state index in [0.29, 0.717) is 37.1 Å². The number of halogens is 3. The van der Waals surface area contributed by atoms with Crippen molar-refractivity contribution >= 4 is 24.2 Å². The minimum Gasteiger partial charge on any atom is -0.350 e. The second kappa shape index (κ2) is 17.0. The molecular weight excluding hydrogens is 507 g/mol. The van der Waals surface area contributed by atoms with Crippen LogP contribution in [0.5, 0.6) is 0 Å². The molecule has 1 heterocycles. The highest BCUT2D eigenvalue weighted by Gasteiger charge is 2.37. The van der Waals surface area contributed by atoms with Crippen molar-refractivity contribution in [2.45, 2.75) is 73.0 Å². The maximum absolute atomic E-state index is 14.0. The summed E-state index contributed by atoms with van der Waals surface area (Å²) in [7, 11) is 0. The van der Waals surface area contributed by atoms with Gasteiger partial charge in [-0.05, 0) is 29.9 Å². The molecule has 0 aromatic heterocycles. The number of amides is 2. The number of hydrazone groups is 1. The Balaban J connectivity index is 0.00000181. The molecular formula is C29H40F3N5O2. The molecule has 1 aliphatic heterocycles. The van der Waals surface area contributed by atoms with Gasteiger partial charge in [-0.2, -0.15) is 5.10 Å². The van der Waals surface area contributed by atoms with Gasteiger partial charge in [-0.15, -0.1) is 0 Å². The lowest BCUT2D eigenvalue weighted by Gasteiger charge is -2.28. The molecule has 0 aliphatic carbocycles. The minimum absolute atomic E-state index is 0.0801. The minimum atomic E-state index is -0.992. The van der Waals surface area contributed by atoms with Crippen LogP contribution in [0.4, 0.5) is 13.2 Å². The van der Waals surface area contributed by atoms with E-state index in [4.69, 9.17) is 5.84 Å². The number of carbonyl (C=O) groups is 2. The van der Waals surface area contributed by atoms with E-state index in [0.717, 1.165) is 0 Å². The van der Waals surface area contributed by atoms with Gasteiger partial charge in [0.25, 0.3) is 0 Å². The number of rotatable bonds is 8. The average Bonchev–Trinajstić information content (AvgIpc) is 3.42. The largest absolute Gasteiger partial charge is 0.350 e. The van der Waals surface area contributed by atoms with Crippen molar-refractivity contribution in [2.24, 2.45) is 21.9 Å². The van der Waals surface area contributed by atoms with Crippen molar-refractivity contribution in [1.82, 2.24) is 10.2 Å². The van der Waals surface area contributed by atoms with Crippen molar-refractivity contribution < 1.29 is 22.8 Å². The molecule has 1 saturated heterocycles. The first-order valence-electron chi connectivity index (χ1n) is 13.3. The number of nitrogens with two attached hydrogens (primary N) is 1. The Morgan fingerprint density at radius 3 is 2.18 bits per heavy atom. The molecule has 1 aliphatic rings. The van der Waals surface area contributed by atoms with Crippen molar-refractivity contribution in [1.29, 1.82) is 0 Å². The fourth-order valence-corrected chi connectivity index (χ4v) is 4.08. The molecule has 2 aromatic carbocycles. The molecule has 2 atom stereocenters. The topological polar surface area (TPSA) is 100 Å². The highest BCUT2D eigenvalue weighted by molar-refractivity contribution is 6.16. The molecule has 0 spiro atoms. The second-order valence-corrected chi connectivity index (χ2v) is 8.63. The Morgan fingerprint density at radius 1 is 1.05 bits per heavy atom. The van der Waals surface area contributed by atoms with Gasteiger partial charge in [0.15, 0.2) is 0 Å². The third kappa shape index (κ3) is 9.23. The summed E-state index contributed by atoms with van der Waals surface area (Å²) in [5.74, 6) is 1.50. The molecule has 0 saturated carbocycles. The van der Waals surface area contributed by atoms with Crippen LogP contribution in [0.25, 0.3) is 11.1 Å². The Bertz CT molecular complexity index is 1100. The molecule has 7 nitrogen and oxygen atoms in total. The molecule has 3 N–H and O–H groups in total. The fourth-order valence-electron chi connectivity index (χ4n) is 4.08. The zero-order valence-electron chi connectivity index (χ0n) is 23.5. The van der Waals surface area contributed by atoms with Gasteiger partial charge in [0.2, 0.25) is 11.8 Å². The van der Waals surface area contributed by atoms with E-state index in [1.54, 1.807) is 17.0 Å². The predicted octanol–water partition coefficient (Wildman–Crippen LogP) is 5.47. The van der Waals surface area contributed by atoms with Crippen molar-refractivity contribution in [2.75, 3.05) is 6.54 Å². The van der Waals surface area contributed by atoms with E-state index in [2.05, 4.69) is 15.4 Å². The Kier molecular flexibility index (Phi) is 14.5. The van der Waals surface area contributed by atoms with Crippen LogP contribution < -0.4 is 11.2 Å². The molecule has 2 unspecified atom stereocenters. The van der Waals surface area contributed by atoms with Gasteiger partial charge in [-0.3, -0.25) is 14.6 Å². The van der Waals surface area contributed by atoms with Crippen LogP contribution in [0.2, 0.25) is 0 Å². The number of carbonyl (C=O) groups excluding carboxylic acids is 2. The second-order valence-electron chi connectivity index (χ2n) is 8.63. The summed E-state index contributed by atoms with van der Waals surface area (Å²) in [6.45, 7) is 12.4. The van der Waals surface area contributed by atoms with Crippen LogP contribution in [0.1, 0.15) is 59.9 Å². The maximum Gasteiger partial charge on any atom is 0.248 e. The van der Waals surface area contributed by atoms with Gasteiger partial charge < -0.3 is 16.1 Å². The van der Waals surface area contributed by atoms with Gasteiger partial charge in [0, 0.05) is 31.4 Å². The number of nitrogens with zero attached hydrogens (tertiary/aromatic N) is 3. The summed E-state index contributed by atoms with van der Waals surface area (Å²) in [5, 5.41) is 6.17. The first-order chi connectivity index (χ1) is 18.7. The quantitative estimate of drug-likeness (QED) is 0.260. The van der Waals surface area contributed by atoms with Crippen LogP contribution in [-0.2, 0) is 16.1 Å². The lowest BCUT2D eigenvalue weighted by molar-refractivity contribution is -0.140. The average molecular weight is 548 g/mol. The van der Waals surface area contributed by atoms with E-state index in [9.17, 15) is 22.8 Å². The zero-order chi connectivity index (χ0) is 29.5. The van der Waals surface area contributed by atoms with Gasteiger partial charge >= 0.3 is 0 Å². The number of likely N-dealkylation sites (tertiary alicyclic amines) is 1. The highest BCUT2D eigenvalue weighted by atomic mass is 19.1. The number of benzene rings is 2. The summed E-state index contributed by atoms with van der Waals surface area (Å²) in [4.78, 5) is 31.8. The van der Waals surface area contributed by atoms with Crippen molar-refractivity contribution in [3.8, 4) is 11.1 Å². The monoisotopic (exact) mass is 547 g/mol. The third-order valence-electron chi connectivity index (χ3n) is 5.84. The summed E-state index contributed by atoms with van der Waals surface area (Å²) in [5.41, 5.74) is 0.636. The van der Waals surface area contributed by atoms with Gasteiger partial charge in [-0.1, -0.05) is 65.8 Å². The maximum atomic E-state index is 14.0. The summed E-state index contributed by atoms with van der Waals surface area (Å²) in [6.07, 6.45) is 3.91. The van der Waals surface area contributed by atoms with Gasteiger partial charge in [0.05, 0.1) is 11.8 Å². The molecule has 0 radical (unpaired) electrons. The molecule has 3 rings (SSSR count). The lowest BCUT2D eigenvalue weighted by atomic mass is 10.0. The van der Waals surface area contributed by atoms with Gasteiger partial charge in [0.1, 0.15) is 29.5 Å². The van der Waals surface area contributed by atoms with Crippen LogP contribution in [0, 0.1) is 23.4 Å². The molecule has 10 heteroatoms. The fraction of sp³-hybridized carbons (Fsp3) is 0.448. The van der Waals surface area contributed by atoms with E-state index >= 15 is 0 Å². The summed E-state index contributed by atoms with van der Waals surface area (Å²) in [6, 6.07) is 6.25. The number of hydrogen-bond donors (Lipinski definition) is 2. The van der Waals surface area contributed by atoms with E-state index in [1.807, 2.05) is 41.5 Å². The molecule has 2 aromatic rings. The number of nitrogens with one attached hydrogen (secondary N) is 1. The normalized spacial score (nSPS) is 15.5. The van der Waals surface area contributed by atoms with E-state index in [-0.39, 0.29) is 35.4 Å². The van der Waals surface area contributed by atoms with Crippen molar-refractivity contribution in [3.63, 3.8) is 0 Å². The smallest absolute Gasteiger partial charge is 0.248 e. The van der Waals surface area contributed by atoms with Crippen LogP contribution in [-0.4, -0.2) is 47.8 Å². The Morgan fingerprint density at radius 2 is 1.64 bits per heavy atom. The SMILES string of the molecule is CC.CC.CC(C)C(N=C/C=N\N)C(=O)N1CCCC1C(=O)NCc1ccc(-c2c(F)cc(F)cc2F)cc1. The van der Waals surface area contributed by atoms with E-state index < -0.39 is 29.5 Å². The third-order valence-corrected chi connectivity index (χ3v) is 5.84. The standard InChI is InChI=1S/C25H28F3N5O2.2C2H6/c1-15(2)23(30-9-10-32-29)25(35)33-11-3-4-21(33)24(34)31-14-16-5-7-17(8-6-16)22-19(27)12-18(26)13-20(22)28;2*1-2/h5-10,12-13,15,21,23H,3-4,11,14,29H2,1-2H3,(H,31,34);2*1-2H3/b30-9?,32-10-;;. The number of hydrogen-bond acceptors (Lipinski definition) is 5. The molecule has 2 amide bonds.